The van der Waals surface area contributed by atoms with Crippen LogP contribution in [0, 0.1) is 0 Å². The molecule has 4 nitrogen and oxygen atoms in total. The first-order valence-electron chi connectivity index (χ1n) is 4.18. The molecule has 0 bridgehead atoms. The third-order valence-electron chi connectivity index (χ3n) is 1.93. The monoisotopic (exact) mass is 215 g/mol. The van der Waals surface area contributed by atoms with Crippen LogP contribution in [0.4, 0.5) is 0 Å². The molecule has 0 aliphatic rings. The van der Waals surface area contributed by atoms with Crippen LogP contribution < -0.4 is 5.14 Å². The molecule has 0 spiro atoms. The highest BCUT2D eigenvalue weighted by Gasteiger charge is 2.16. The maximum Gasteiger partial charge on any atom is 0.238 e. The molecule has 5 heteroatoms. The van der Waals surface area contributed by atoms with Crippen LogP contribution in [0.1, 0.15) is 25.3 Å². The molecule has 0 saturated heterocycles. The Hall–Kier alpha value is -1.07. The smallest absolute Gasteiger partial charge is 0.238 e. The van der Waals surface area contributed by atoms with E-state index in [1.165, 1.54) is 12.1 Å². The van der Waals surface area contributed by atoms with Crippen molar-refractivity contribution in [2.75, 3.05) is 0 Å². The van der Waals surface area contributed by atoms with Crippen LogP contribution in [-0.4, -0.2) is 13.5 Å². The molecule has 0 heterocycles. The number of nitrogens with two attached hydrogens (primary N) is 1. The molecule has 0 fully saturated rings. The third kappa shape index (κ3) is 2.24. The summed E-state index contributed by atoms with van der Waals surface area (Å²) < 4.78 is 22.4. The molecule has 0 radical (unpaired) electrons. The second-order valence-electron chi connectivity index (χ2n) is 3.42. The fourth-order valence-electron chi connectivity index (χ4n) is 1.25. The minimum Gasteiger partial charge on any atom is -0.508 e. The highest BCUT2D eigenvalue weighted by atomic mass is 32.2. The van der Waals surface area contributed by atoms with Crippen LogP contribution in [0.2, 0.25) is 0 Å². The van der Waals surface area contributed by atoms with E-state index in [0.29, 0.717) is 5.56 Å². The normalized spacial score (nSPS) is 12.0. The summed E-state index contributed by atoms with van der Waals surface area (Å²) in [6, 6.07) is 4.19. The Kier molecular flexibility index (Phi) is 2.82. The largest absolute Gasteiger partial charge is 0.508 e. The number of primary sulfonamides is 1. The van der Waals surface area contributed by atoms with E-state index < -0.39 is 10.0 Å². The number of aromatic hydroxyl groups is 1. The lowest BCUT2D eigenvalue weighted by Gasteiger charge is -2.10. The zero-order chi connectivity index (χ0) is 10.9. The molecule has 1 aromatic rings. The van der Waals surface area contributed by atoms with Crippen molar-refractivity contribution >= 4 is 10.0 Å². The summed E-state index contributed by atoms with van der Waals surface area (Å²) in [7, 11) is -3.76. The van der Waals surface area contributed by atoms with Gasteiger partial charge in [-0.05, 0) is 17.5 Å². The molecule has 0 aromatic heterocycles. The number of sulfonamides is 1. The molecule has 0 atom stereocenters. The fraction of sp³-hybridized carbons (Fsp3) is 0.333. The van der Waals surface area contributed by atoms with Crippen molar-refractivity contribution in [1.82, 2.24) is 0 Å². The van der Waals surface area contributed by atoms with Gasteiger partial charge in [0.15, 0.2) is 0 Å². The Balaban J connectivity index is 3.46. The minimum atomic E-state index is -3.76. The van der Waals surface area contributed by atoms with E-state index in [4.69, 9.17) is 10.2 Å². The van der Waals surface area contributed by atoms with Gasteiger partial charge in [-0.3, -0.25) is 0 Å². The predicted molar refractivity (Wildman–Crippen MR) is 53.6 cm³/mol. The number of rotatable bonds is 2. The first-order valence-corrected chi connectivity index (χ1v) is 5.72. The number of benzene rings is 1. The van der Waals surface area contributed by atoms with E-state index in [1.54, 1.807) is 6.07 Å². The first-order chi connectivity index (χ1) is 6.32. The van der Waals surface area contributed by atoms with E-state index in [0.717, 1.165) is 0 Å². The van der Waals surface area contributed by atoms with Crippen molar-refractivity contribution in [3.05, 3.63) is 23.8 Å². The summed E-state index contributed by atoms with van der Waals surface area (Å²) in [5.74, 6) is -0.0534. The molecular formula is C9H13NO3S. The molecule has 0 amide bonds. The standard InChI is InChI=1S/C9H13NO3S/c1-6(2)8-4-3-7(11)5-9(8)14(10,12)13/h3-6,11H,1-2H3,(H2,10,12,13). The number of hydrogen-bond donors (Lipinski definition) is 2. The summed E-state index contributed by atoms with van der Waals surface area (Å²) in [5, 5.41) is 14.2. The van der Waals surface area contributed by atoms with Gasteiger partial charge in [0.1, 0.15) is 5.75 Å². The Morgan fingerprint density at radius 3 is 2.36 bits per heavy atom. The van der Waals surface area contributed by atoms with Crippen molar-refractivity contribution in [3.8, 4) is 5.75 Å². The van der Waals surface area contributed by atoms with Gasteiger partial charge in [0.2, 0.25) is 10.0 Å². The summed E-state index contributed by atoms with van der Waals surface area (Å²) in [6.45, 7) is 3.72. The van der Waals surface area contributed by atoms with E-state index in [2.05, 4.69) is 0 Å². The van der Waals surface area contributed by atoms with Crippen molar-refractivity contribution in [3.63, 3.8) is 0 Å². The Labute approximate surface area is 83.4 Å². The fourth-order valence-corrected chi connectivity index (χ4v) is 2.16. The number of phenols is 1. The zero-order valence-corrected chi connectivity index (χ0v) is 8.88. The molecular weight excluding hydrogens is 202 g/mol. The zero-order valence-electron chi connectivity index (χ0n) is 8.06. The van der Waals surface area contributed by atoms with Gasteiger partial charge in [-0.25, -0.2) is 13.6 Å². The molecule has 3 N–H and O–H groups in total. The van der Waals surface area contributed by atoms with Crippen LogP contribution in [0.5, 0.6) is 5.75 Å². The van der Waals surface area contributed by atoms with Crippen molar-refractivity contribution < 1.29 is 13.5 Å². The summed E-state index contributed by atoms with van der Waals surface area (Å²) in [6.07, 6.45) is 0. The lowest BCUT2D eigenvalue weighted by Crippen LogP contribution is -2.15. The van der Waals surface area contributed by atoms with Gasteiger partial charge in [0.05, 0.1) is 4.90 Å². The van der Waals surface area contributed by atoms with E-state index in [-0.39, 0.29) is 16.6 Å². The predicted octanol–water partition coefficient (Wildman–Crippen LogP) is 1.16. The molecule has 1 rings (SSSR count). The van der Waals surface area contributed by atoms with Crippen LogP contribution in [0.25, 0.3) is 0 Å². The van der Waals surface area contributed by atoms with E-state index in [1.807, 2.05) is 13.8 Å². The lowest BCUT2D eigenvalue weighted by atomic mass is 10.0. The van der Waals surface area contributed by atoms with Gasteiger partial charge in [-0.1, -0.05) is 19.9 Å². The molecule has 14 heavy (non-hydrogen) atoms. The number of phenolic OH excluding ortho intramolecular Hbond substituents is 1. The van der Waals surface area contributed by atoms with Crippen LogP contribution >= 0.6 is 0 Å². The third-order valence-corrected chi connectivity index (χ3v) is 2.89. The first kappa shape index (κ1) is 11.0. The molecule has 1 aromatic carbocycles. The van der Waals surface area contributed by atoms with Gasteiger partial charge in [0, 0.05) is 6.07 Å². The molecule has 0 aliphatic heterocycles. The summed E-state index contributed by atoms with van der Waals surface area (Å²) >= 11 is 0. The van der Waals surface area contributed by atoms with Gasteiger partial charge in [-0.15, -0.1) is 0 Å². The SMILES string of the molecule is CC(C)c1ccc(O)cc1S(N)(=O)=O. The summed E-state index contributed by atoms with van der Waals surface area (Å²) in [4.78, 5) is -0.00694. The van der Waals surface area contributed by atoms with Gasteiger partial charge in [-0.2, -0.15) is 0 Å². The second kappa shape index (κ2) is 3.59. The van der Waals surface area contributed by atoms with Crippen molar-refractivity contribution in [1.29, 1.82) is 0 Å². The Bertz CT molecular complexity index is 437. The highest BCUT2D eigenvalue weighted by Crippen LogP contribution is 2.26. The van der Waals surface area contributed by atoms with Crippen LogP contribution in [-0.2, 0) is 10.0 Å². The summed E-state index contributed by atoms with van der Waals surface area (Å²) in [5.41, 5.74) is 0.616. The van der Waals surface area contributed by atoms with Gasteiger partial charge < -0.3 is 5.11 Å². The second-order valence-corrected chi connectivity index (χ2v) is 4.95. The average Bonchev–Trinajstić information content (AvgIpc) is 2.01. The van der Waals surface area contributed by atoms with Crippen molar-refractivity contribution in [2.45, 2.75) is 24.7 Å². The van der Waals surface area contributed by atoms with Crippen molar-refractivity contribution in [2.24, 2.45) is 5.14 Å². The molecule has 78 valence electrons. The maximum absolute atomic E-state index is 11.2. The van der Waals surface area contributed by atoms with Gasteiger partial charge >= 0.3 is 0 Å². The Morgan fingerprint density at radius 1 is 1.36 bits per heavy atom. The van der Waals surface area contributed by atoms with E-state index >= 15 is 0 Å². The lowest BCUT2D eigenvalue weighted by molar-refractivity contribution is 0.472. The topological polar surface area (TPSA) is 80.4 Å². The minimum absolute atomic E-state index is 0.00694. The van der Waals surface area contributed by atoms with E-state index in [9.17, 15) is 8.42 Å². The maximum atomic E-state index is 11.2. The van der Waals surface area contributed by atoms with Crippen LogP contribution in [0.15, 0.2) is 23.1 Å². The highest BCUT2D eigenvalue weighted by molar-refractivity contribution is 7.89. The average molecular weight is 215 g/mol. The Morgan fingerprint density at radius 2 is 1.93 bits per heavy atom. The van der Waals surface area contributed by atoms with Crippen LogP contribution in [0.3, 0.4) is 0 Å². The quantitative estimate of drug-likeness (QED) is 0.776. The molecule has 0 aliphatic carbocycles. The molecule has 0 unspecified atom stereocenters. The van der Waals surface area contributed by atoms with Gasteiger partial charge in [0.25, 0.3) is 0 Å². The number of hydrogen-bond acceptors (Lipinski definition) is 3. The molecule has 0 saturated carbocycles.